The third-order valence-electron chi connectivity index (χ3n) is 2.35. The summed E-state index contributed by atoms with van der Waals surface area (Å²) in [5, 5.41) is 0. The van der Waals surface area contributed by atoms with Crippen molar-refractivity contribution in [3.05, 3.63) is 0 Å². The van der Waals surface area contributed by atoms with E-state index in [1.165, 1.54) is 0 Å². The summed E-state index contributed by atoms with van der Waals surface area (Å²) in [5.74, 6) is -36.6. The second kappa shape index (κ2) is 6.21. The molecule has 4 nitrogen and oxygen atoms in total. The summed E-state index contributed by atoms with van der Waals surface area (Å²) >= 11 is 0. The summed E-state index contributed by atoms with van der Waals surface area (Å²) in [6, 6.07) is 0. The molecule has 0 bridgehead atoms. The minimum Gasteiger partial charge on any atom is -0.303 e. The van der Waals surface area contributed by atoms with E-state index in [9.17, 15) is 57.3 Å². The summed E-state index contributed by atoms with van der Waals surface area (Å²) in [4.78, 5) is 15.9. The standard InChI is InChI=1S/C7H5F12O4P/c8-2(9)4(12,13)6(16,17)7(18,19)5(14,15)3(10,11)1-23-24(20,21)22/h2H,1H2,(H2,20,21,22). The molecule has 0 saturated heterocycles. The van der Waals surface area contributed by atoms with Crippen molar-refractivity contribution in [2.45, 2.75) is 36.0 Å². The van der Waals surface area contributed by atoms with E-state index in [-0.39, 0.29) is 0 Å². The van der Waals surface area contributed by atoms with Crippen LogP contribution in [0.15, 0.2) is 0 Å². The van der Waals surface area contributed by atoms with Crippen LogP contribution < -0.4 is 0 Å². The Kier molecular flexibility index (Phi) is 6.02. The molecule has 0 aliphatic rings. The van der Waals surface area contributed by atoms with Gasteiger partial charge >= 0.3 is 43.9 Å². The SMILES string of the molecule is O=P(O)(O)OCC(F)(F)C(F)(F)C(F)(F)C(F)(F)C(F)(F)C(F)F. The van der Waals surface area contributed by atoms with Crippen LogP contribution in [0.25, 0.3) is 0 Å². The molecule has 0 atom stereocenters. The molecule has 17 heteroatoms. The normalized spacial score (nSPS) is 16.0. The average Bonchev–Trinajstić information content (AvgIpc) is 2.34. The van der Waals surface area contributed by atoms with Crippen LogP contribution >= 0.6 is 7.82 Å². The average molecular weight is 412 g/mol. The summed E-state index contributed by atoms with van der Waals surface area (Å²) < 4.78 is 164. The number of hydrogen-bond donors (Lipinski definition) is 2. The Bertz CT molecular complexity index is 500. The van der Waals surface area contributed by atoms with E-state index in [2.05, 4.69) is 4.52 Å². The Balaban J connectivity index is 5.93. The predicted octanol–water partition coefficient (Wildman–Crippen LogP) is 3.54. The molecule has 0 aromatic heterocycles. The van der Waals surface area contributed by atoms with Crippen LogP contribution in [-0.2, 0) is 9.09 Å². The van der Waals surface area contributed by atoms with E-state index < -0.39 is 50.5 Å². The van der Waals surface area contributed by atoms with Gasteiger partial charge in [0.15, 0.2) is 0 Å². The molecular formula is C7H5F12O4P. The Morgan fingerprint density at radius 2 is 1.17 bits per heavy atom. The molecule has 0 aromatic rings. The smallest absolute Gasteiger partial charge is 0.303 e. The van der Waals surface area contributed by atoms with Crippen LogP contribution in [0.5, 0.6) is 0 Å². The fraction of sp³-hybridized carbons (Fsp3) is 1.00. The van der Waals surface area contributed by atoms with E-state index in [4.69, 9.17) is 9.79 Å². The van der Waals surface area contributed by atoms with Gasteiger partial charge in [-0.15, -0.1) is 0 Å². The highest BCUT2D eigenvalue weighted by atomic mass is 31.2. The number of alkyl halides is 12. The molecular weight excluding hydrogens is 407 g/mol. The highest BCUT2D eigenvalue weighted by Crippen LogP contribution is 2.58. The van der Waals surface area contributed by atoms with Crippen molar-refractivity contribution in [1.82, 2.24) is 0 Å². The molecule has 2 N–H and O–H groups in total. The lowest BCUT2D eigenvalue weighted by atomic mass is 9.95. The molecule has 0 radical (unpaired) electrons. The van der Waals surface area contributed by atoms with Crippen molar-refractivity contribution >= 4 is 7.82 Å². The molecule has 0 fully saturated rings. The fourth-order valence-corrected chi connectivity index (χ4v) is 1.36. The number of hydrogen-bond acceptors (Lipinski definition) is 2. The summed E-state index contributed by atoms with van der Waals surface area (Å²) in [6.45, 7) is -3.31. The van der Waals surface area contributed by atoms with Crippen molar-refractivity contribution in [3.63, 3.8) is 0 Å². The van der Waals surface area contributed by atoms with Gasteiger partial charge in [-0.05, 0) is 0 Å². The van der Waals surface area contributed by atoms with Crippen LogP contribution in [0.4, 0.5) is 52.7 Å². The lowest BCUT2D eigenvalue weighted by Gasteiger charge is -2.38. The van der Waals surface area contributed by atoms with Crippen molar-refractivity contribution < 1.29 is 71.6 Å². The fourth-order valence-electron chi connectivity index (χ4n) is 1.03. The largest absolute Gasteiger partial charge is 0.469 e. The lowest BCUT2D eigenvalue weighted by Crippen LogP contribution is -2.69. The minimum atomic E-state index is -7.76. The van der Waals surface area contributed by atoms with E-state index in [0.29, 0.717) is 0 Å². The second-order valence-corrected chi connectivity index (χ2v) is 5.35. The van der Waals surface area contributed by atoms with Gasteiger partial charge in [0.25, 0.3) is 0 Å². The van der Waals surface area contributed by atoms with Gasteiger partial charge in [0, 0.05) is 0 Å². The number of phosphoric ester groups is 1. The van der Waals surface area contributed by atoms with Crippen LogP contribution in [-0.4, -0.2) is 52.4 Å². The predicted molar refractivity (Wildman–Crippen MR) is 48.7 cm³/mol. The third kappa shape index (κ3) is 3.75. The second-order valence-electron chi connectivity index (χ2n) is 4.12. The van der Waals surface area contributed by atoms with Gasteiger partial charge in [0.2, 0.25) is 0 Å². The Morgan fingerprint density at radius 1 is 0.792 bits per heavy atom. The van der Waals surface area contributed by atoms with Crippen LogP contribution in [0, 0.1) is 0 Å². The summed E-state index contributed by atoms with van der Waals surface area (Å²) in [7, 11) is -5.99. The van der Waals surface area contributed by atoms with E-state index in [1.54, 1.807) is 0 Å². The molecule has 24 heavy (non-hydrogen) atoms. The molecule has 0 spiro atoms. The van der Waals surface area contributed by atoms with E-state index in [0.717, 1.165) is 0 Å². The zero-order valence-electron chi connectivity index (χ0n) is 10.5. The monoisotopic (exact) mass is 412 g/mol. The van der Waals surface area contributed by atoms with Crippen molar-refractivity contribution in [3.8, 4) is 0 Å². The van der Waals surface area contributed by atoms with Gasteiger partial charge in [-0.1, -0.05) is 0 Å². The van der Waals surface area contributed by atoms with Crippen molar-refractivity contribution in [1.29, 1.82) is 0 Å². The Labute approximate surface area is 123 Å². The first-order chi connectivity index (χ1) is 10.2. The summed E-state index contributed by atoms with van der Waals surface area (Å²) in [6.07, 6.45) is -5.63. The minimum absolute atomic E-state index is 2.74. The molecule has 146 valence electrons. The molecule has 0 amide bonds. The van der Waals surface area contributed by atoms with Crippen molar-refractivity contribution in [2.24, 2.45) is 0 Å². The molecule has 0 heterocycles. The first kappa shape index (κ1) is 23.3. The number of rotatable bonds is 8. The molecule has 0 rings (SSSR count). The molecule has 0 aliphatic heterocycles. The van der Waals surface area contributed by atoms with Crippen LogP contribution in [0.1, 0.15) is 0 Å². The van der Waals surface area contributed by atoms with Gasteiger partial charge in [-0.3, -0.25) is 4.52 Å². The topological polar surface area (TPSA) is 66.8 Å². The maximum atomic E-state index is 13.0. The van der Waals surface area contributed by atoms with E-state index >= 15 is 0 Å². The first-order valence-electron chi connectivity index (χ1n) is 5.02. The van der Waals surface area contributed by atoms with Crippen LogP contribution in [0.3, 0.4) is 0 Å². The van der Waals surface area contributed by atoms with Crippen molar-refractivity contribution in [2.75, 3.05) is 6.61 Å². The van der Waals surface area contributed by atoms with Gasteiger partial charge in [-0.2, -0.15) is 43.9 Å². The molecule has 0 unspecified atom stereocenters. The van der Waals surface area contributed by atoms with Crippen LogP contribution in [0.2, 0.25) is 0 Å². The van der Waals surface area contributed by atoms with Gasteiger partial charge in [0.1, 0.15) is 6.61 Å². The first-order valence-corrected chi connectivity index (χ1v) is 6.55. The number of halogens is 12. The van der Waals surface area contributed by atoms with Gasteiger partial charge < -0.3 is 9.79 Å². The Morgan fingerprint density at radius 3 is 1.46 bits per heavy atom. The van der Waals surface area contributed by atoms with Gasteiger partial charge in [-0.25, -0.2) is 13.3 Å². The molecule has 0 aliphatic carbocycles. The number of phosphoric acid groups is 1. The zero-order chi connectivity index (χ0) is 20.0. The molecule has 0 aromatic carbocycles. The quantitative estimate of drug-likeness (QED) is 0.473. The third-order valence-corrected chi connectivity index (χ3v) is 2.82. The Hall–Kier alpha value is -0.730. The maximum absolute atomic E-state index is 13.0. The highest BCUT2D eigenvalue weighted by molar-refractivity contribution is 7.46. The van der Waals surface area contributed by atoms with Gasteiger partial charge in [0.05, 0.1) is 0 Å². The maximum Gasteiger partial charge on any atom is 0.469 e. The highest BCUT2D eigenvalue weighted by Gasteiger charge is 2.87. The van der Waals surface area contributed by atoms with E-state index in [1.807, 2.05) is 0 Å². The summed E-state index contributed by atoms with van der Waals surface area (Å²) in [5.41, 5.74) is 0. The molecule has 0 saturated carbocycles. The lowest BCUT2D eigenvalue weighted by molar-refractivity contribution is -0.414. The zero-order valence-corrected chi connectivity index (χ0v) is 11.4.